The third-order valence-electron chi connectivity index (χ3n) is 3.06. The molecule has 1 rings (SSSR count). The lowest BCUT2D eigenvalue weighted by molar-refractivity contribution is 0.561. The predicted molar refractivity (Wildman–Crippen MR) is 76.2 cm³/mol. The summed E-state index contributed by atoms with van der Waals surface area (Å²) in [5.41, 5.74) is 5.64. The minimum atomic E-state index is -3.53. The highest BCUT2D eigenvalue weighted by atomic mass is 32.2. The van der Waals surface area contributed by atoms with Crippen LogP contribution in [0.15, 0.2) is 23.1 Å². The second-order valence-electron chi connectivity index (χ2n) is 4.78. The largest absolute Gasteiger partial charge is 0.399 e. The van der Waals surface area contributed by atoms with Crippen LogP contribution in [-0.4, -0.2) is 14.2 Å². The molecule has 0 aliphatic heterocycles. The number of hydrogen-bond acceptors (Lipinski definition) is 3. The first-order valence-corrected chi connectivity index (χ1v) is 8.40. The van der Waals surface area contributed by atoms with Crippen molar-refractivity contribution in [1.29, 1.82) is 0 Å². The summed E-state index contributed by atoms with van der Waals surface area (Å²) < 4.78 is 37.5. The van der Waals surface area contributed by atoms with E-state index in [1.165, 1.54) is 18.6 Å². The molecule has 0 aliphatic rings. The number of nitrogens with two attached hydrogens (primary N) is 1. The van der Waals surface area contributed by atoms with Crippen LogP contribution in [-0.2, 0) is 9.84 Å². The van der Waals surface area contributed by atoms with E-state index < -0.39 is 15.7 Å². The Balaban J connectivity index is 2.52. The van der Waals surface area contributed by atoms with Crippen molar-refractivity contribution < 1.29 is 12.8 Å². The van der Waals surface area contributed by atoms with Crippen LogP contribution in [0.5, 0.6) is 0 Å². The molecule has 0 amide bonds. The fourth-order valence-electron chi connectivity index (χ4n) is 1.95. The predicted octanol–water partition coefficient (Wildman–Crippen LogP) is 3.54. The minimum absolute atomic E-state index is 0.0000366. The van der Waals surface area contributed by atoms with Crippen molar-refractivity contribution in [2.45, 2.75) is 50.3 Å². The Bertz CT molecular complexity index is 500. The zero-order valence-corrected chi connectivity index (χ0v) is 12.2. The zero-order chi connectivity index (χ0) is 14.3. The summed E-state index contributed by atoms with van der Waals surface area (Å²) in [4.78, 5) is -0.241. The average Bonchev–Trinajstić information content (AvgIpc) is 2.33. The summed E-state index contributed by atoms with van der Waals surface area (Å²) in [6.07, 6.45) is 5.96. The van der Waals surface area contributed by atoms with Crippen molar-refractivity contribution in [3.05, 3.63) is 24.0 Å². The summed E-state index contributed by atoms with van der Waals surface area (Å²) in [5.74, 6) is -0.758. The molecule has 0 spiro atoms. The lowest BCUT2D eigenvalue weighted by Crippen LogP contribution is -2.09. The molecule has 0 unspecified atom stereocenters. The summed E-state index contributed by atoms with van der Waals surface area (Å²) in [6.45, 7) is 2.13. The quantitative estimate of drug-likeness (QED) is 0.587. The molecule has 108 valence electrons. The number of sulfone groups is 1. The number of benzene rings is 1. The maximum Gasteiger partial charge on any atom is 0.181 e. The van der Waals surface area contributed by atoms with E-state index in [-0.39, 0.29) is 16.3 Å². The normalized spacial score (nSPS) is 11.7. The fraction of sp³-hybridized carbons (Fsp3) is 0.571. The van der Waals surface area contributed by atoms with E-state index in [1.54, 1.807) is 0 Å². The number of nitrogen functional groups attached to an aromatic ring is 1. The molecule has 0 saturated carbocycles. The fourth-order valence-corrected chi connectivity index (χ4v) is 3.39. The average molecular weight is 287 g/mol. The van der Waals surface area contributed by atoms with Crippen molar-refractivity contribution in [2.75, 3.05) is 11.5 Å². The Morgan fingerprint density at radius 3 is 2.37 bits per heavy atom. The lowest BCUT2D eigenvalue weighted by atomic mass is 10.1. The topological polar surface area (TPSA) is 60.2 Å². The van der Waals surface area contributed by atoms with E-state index >= 15 is 0 Å². The highest BCUT2D eigenvalue weighted by Crippen LogP contribution is 2.20. The van der Waals surface area contributed by atoms with Crippen molar-refractivity contribution in [2.24, 2.45) is 0 Å². The molecule has 0 bridgehead atoms. The van der Waals surface area contributed by atoms with Crippen LogP contribution < -0.4 is 5.73 Å². The van der Waals surface area contributed by atoms with E-state index in [9.17, 15) is 12.8 Å². The Kier molecular flexibility index (Phi) is 6.28. The minimum Gasteiger partial charge on any atom is -0.399 e. The SMILES string of the molecule is CCCCCCCCS(=O)(=O)c1ccc(N)cc1F. The molecule has 0 heterocycles. The van der Waals surface area contributed by atoms with Gasteiger partial charge >= 0.3 is 0 Å². The van der Waals surface area contributed by atoms with Crippen LogP contribution in [0.4, 0.5) is 10.1 Å². The van der Waals surface area contributed by atoms with Gasteiger partial charge in [0.2, 0.25) is 0 Å². The molecule has 2 N–H and O–H groups in total. The molecule has 3 nitrogen and oxygen atoms in total. The van der Waals surface area contributed by atoms with Crippen LogP contribution in [0.1, 0.15) is 45.4 Å². The molecule has 0 radical (unpaired) electrons. The van der Waals surface area contributed by atoms with Gasteiger partial charge in [0, 0.05) is 5.69 Å². The maximum absolute atomic E-state index is 13.6. The second kappa shape index (κ2) is 7.48. The molecule has 1 aromatic rings. The number of unbranched alkanes of at least 4 members (excludes halogenated alkanes) is 5. The van der Waals surface area contributed by atoms with Gasteiger partial charge in [-0.3, -0.25) is 0 Å². The first-order valence-electron chi connectivity index (χ1n) is 6.75. The van der Waals surface area contributed by atoms with E-state index in [0.717, 1.165) is 31.7 Å². The lowest BCUT2D eigenvalue weighted by Gasteiger charge is -2.06. The first-order chi connectivity index (χ1) is 8.97. The smallest absolute Gasteiger partial charge is 0.181 e. The Morgan fingerprint density at radius 1 is 1.11 bits per heavy atom. The molecule has 0 atom stereocenters. The van der Waals surface area contributed by atoms with Crippen molar-refractivity contribution >= 4 is 15.5 Å². The van der Waals surface area contributed by atoms with E-state index in [1.807, 2.05) is 0 Å². The third-order valence-corrected chi connectivity index (χ3v) is 4.88. The molecule has 5 heteroatoms. The summed E-state index contributed by atoms with van der Waals surface area (Å²) in [6, 6.07) is 3.71. The highest BCUT2D eigenvalue weighted by molar-refractivity contribution is 7.91. The monoisotopic (exact) mass is 287 g/mol. The van der Waals surface area contributed by atoms with Gasteiger partial charge in [0.15, 0.2) is 9.84 Å². The Morgan fingerprint density at radius 2 is 1.74 bits per heavy atom. The second-order valence-corrected chi connectivity index (χ2v) is 6.85. The van der Waals surface area contributed by atoms with Gasteiger partial charge in [0.25, 0.3) is 0 Å². The summed E-state index contributed by atoms with van der Waals surface area (Å²) in [5, 5.41) is 0. The van der Waals surface area contributed by atoms with Gasteiger partial charge in [0.05, 0.1) is 5.75 Å². The molecule has 19 heavy (non-hydrogen) atoms. The van der Waals surface area contributed by atoms with Gasteiger partial charge in [-0.25, -0.2) is 12.8 Å². The van der Waals surface area contributed by atoms with Gasteiger partial charge in [-0.1, -0.05) is 39.0 Å². The number of rotatable bonds is 8. The number of halogens is 1. The number of hydrogen-bond donors (Lipinski definition) is 1. The van der Waals surface area contributed by atoms with Crippen LogP contribution in [0.25, 0.3) is 0 Å². The molecule has 0 fully saturated rings. The highest BCUT2D eigenvalue weighted by Gasteiger charge is 2.18. The summed E-state index contributed by atoms with van der Waals surface area (Å²) >= 11 is 0. The van der Waals surface area contributed by atoms with Gasteiger partial charge in [0.1, 0.15) is 10.7 Å². The van der Waals surface area contributed by atoms with Crippen LogP contribution in [0.2, 0.25) is 0 Å². The van der Waals surface area contributed by atoms with Crippen LogP contribution in [0.3, 0.4) is 0 Å². The van der Waals surface area contributed by atoms with E-state index in [0.29, 0.717) is 6.42 Å². The molecular formula is C14H22FNO2S. The molecular weight excluding hydrogens is 265 g/mol. The number of anilines is 1. The van der Waals surface area contributed by atoms with E-state index in [4.69, 9.17) is 5.73 Å². The van der Waals surface area contributed by atoms with E-state index in [2.05, 4.69) is 6.92 Å². The van der Waals surface area contributed by atoms with Gasteiger partial charge in [-0.2, -0.15) is 0 Å². The zero-order valence-electron chi connectivity index (χ0n) is 11.4. The molecule has 0 aromatic heterocycles. The Labute approximate surface area is 114 Å². The maximum atomic E-state index is 13.6. The van der Waals surface area contributed by atoms with Gasteiger partial charge < -0.3 is 5.73 Å². The molecule has 0 saturated heterocycles. The van der Waals surface area contributed by atoms with Crippen LogP contribution >= 0.6 is 0 Å². The van der Waals surface area contributed by atoms with Crippen molar-refractivity contribution in [1.82, 2.24) is 0 Å². The standard InChI is InChI=1S/C14H22FNO2S/c1-2-3-4-5-6-7-10-19(17,18)14-9-8-12(16)11-13(14)15/h8-9,11H,2-7,10,16H2,1H3. The Hall–Kier alpha value is -1.10. The molecule has 0 aliphatic carbocycles. The van der Waals surface area contributed by atoms with Gasteiger partial charge in [-0.05, 0) is 24.6 Å². The molecule has 1 aromatic carbocycles. The summed E-state index contributed by atoms with van der Waals surface area (Å²) in [7, 11) is -3.53. The van der Waals surface area contributed by atoms with Crippen molar-refractivity contribution in [3.63, 3.8) is 0 Å². The van der Waals surface area contributed by atoms with Crippen LogP contribution in [0, 0.1) is 5.82 Å². The van der Waals surface area contributed by atoms with Gasteiger partial charge in [-0.15, -0.1) is 0 Å². The first kappa shape index (κ1) is 16.0. The van der Waals surface area contributed by atoms with Crippen molar-refractivity contribution in [3.8, 4) is 0 Å². The third kappa shape index (κ3) is 5.19.